The second-order valence-corrected chi connectivity index (χ2v) is 4.99. The summed E-state index contributed by atoms with van der Waals surface area (Å²) >= 11 is 2.43. The standard InChI is InChI=1S/C15H15I/c1-3-7-14-12(4-2)13-9-6-5-8-11(13)10-15(14)16/h3,5-10H,4H2,1-2H3/b7-3-. The quantitative estimate of drug-likeness (QED) is 0.680. The number of halogens is 1. The monoisotopic (exact) mass is 322 g/mol. The zero-order valence-electron chi connectivity index (χ0n) is 9.63. The van der Waals surface area contributed by atoms with Crippen molar-refractivity contribution >= 4 is 39.4 Å². The molecule has 0 aliphatic heterocycles. The predicted octanol–water partition coefficient (Wildman–Crippen LogP) is 5.04. The van der Waals surface area contributed by atoms with Crippen LogP contribution in [0.25, 0.3) is 16.8 Å². The molecule has 0 spiro atoms. The van der Waals surface area contributed by atoms with Gasteiger partial charge in [-0.05, 0) is 63.9 Å². The van der Waals surface area contributed by atoms with Crippen molar-refractivity contribution in [3.8, 4) is 0 Å². The van der Waals surface area contributed by atoms with Crippen molar-refractivity contribution < 1.29 is 0 Å². The Hall–Kier alpha value is -0.830. The van der Waals surface area contributed by atoms with Crippen molar-refractivity contribution in [2.24, 2.45) is 0 Å². The molecule has 0 aliphatic carbocycles. The third-order valence-electron chi connectivity index (χ3n) is 2.84. The molecule has 0 fully saturated rings. The Labute approximate surface area is 111 Å². The highest BCUT2D eigenvalue weighted by molar-refractivity contribution is 14.1. The summed E-state index contributed by atoms with van der Waals surface area (Å²) in [5, 5.41) is 2.73. The van der Waals surface area contributed by atoms with E-state index >= 15 is 0 Å². The molecule has 0 amide bonds. The van der Waals surface area contributed by atoms with E-state index in [1.54, 1.807) is 0 Å². The lowest BCUT2D eigenvalue weighted by Crippen LogP contribution is -1.92. The second kappa shape index (κ2) is 5.00. The molecule has 82 valence electrons. The summed E-state index contributed by atoms with van der Waals surface area (Å²) < 4.78 is 1.34. The zero-order chi connectivity index (χ0) is 11.5. The molecule has 1 heteroatoms. The average molecular weight is 322 g/mol. The van der Waals surface area contributed by atoms with E-state index in [4.69, 9.17) is 0 Å². The molecular weight excluding hydrogens is 307 g/mol. The minimum atomic E-state index is 1.08. The fourth-order valence-corrected chi connectivity index (χ4v) is 2.97. The smallest absolute Gasteiger partial charge is 0.0211 e. The first-order chi connectivity index (χ1) is 7.77. The highest BCUT2D eigenvalue weighted by atomic mass is 127. The fourth-order valence-electron chi connectivity index (χ4n) is 2.13. The van der Waals surface area contributed by atoms with Crippen LogP contribution in [0.4, 0.5) is 0 Å². The molecule has 0 atom stereocenters. The van der Waals surface area contributed by atoms with Gasteiger partial charge < -0.3 is 0 Å². The van der Waals surface area contributed by atoms with Crippen molar-refractivity contribution in [2.75, 3.05) is 0 Å². The first kappa shape index (κ1) is 11.6. The molecule has 0 aromatic heterocycles. The van der Waals surface area contributed by atoms with Crippen LogP contribution in [0, 0.1) is 3.57 Å². The SMILES string of the molecule is C/C=C\c1c(I)cc2ccccc2c1CC. The molecule has 0 unspecified atom stereocenters. The minimum Gasteiger partial charge on any atom is -0.0870 e. The highest BCUT2D eigenvalue weighted by Gasteiger charge is 2.07. The van der Waals surface area contributed by atoms with E-state index in [-0.39, 0.29) is 0 Å². The molecule has 0 N–H and O–H groups in total. The molecular formula is C15H15I. The summed E-state index contributed by atoms with van der Waals surface area (Å²) in [6.45, 7) is 4.30. The van der Waals surface area contributed by atoms with Crippen LogP contribution in [0.2, 0.25) is 0 Å². The van der Waals surface area contributed by atoms with Crippen molar-refractivity contribution in [1.29, 1.82) is 0 Å². The fraction of sp³-hybridized carbons (Fsp3) is 0.200. The van der Waals surface area contributed by atoms with Gasteiger partial charge >= 0.3 is 0 Å². The van der Waals surface area contributed by atoms with Crippen LogP contribution in [-0.4, -0.2) is 0 Å². The summed E-state index contributed by atoms with van der Waals surface area (Å²) in [7, 11) is 0. The van der Waals surface area contributed by atoms with E-state index in [0.29, 0.717) is 0 Å². The van der Waals surface area contributed by atoms with Crippen LogP contribution < -0.4 is 0 Å². The molecule has 2 aromatic rings. The highest BCUT2D eigenvalue weighted by Crippen LogP contribution is 2.28. The van der Waals surface area contributed by atoms with E-state index in [0.717, 1.165) is 6.42 Å². The van der Waals surface area contributed by atoms with Crippen LogP contribution >= 0.6 is 22.6 Å². The molecule has 0 heterocycles. The van der Waals surface area contributed by atoms with Crippen LogP contribution in [0.3, 0.4) is 0 Å². The third kappa shape index (κ3) is 2.01. The van der Waals surface area contributed by atoms with Gasteiger partial charge in [0.05, 0.1) is 0 Å². The van der Waals surface area contributed by atoms with Gasteiger partial charge in [-0.15, -0.1) is 0 Å². The van der Waals surface area contributed by atoms with E-state index in [1.165, 1.54) is 25.5 Å². The van der Waals surface area contributed by atoms with Gasteiger partial charge in [0, 0.05) is 3.57 Å². The van der Waals surface area contributed by atoms with Gasteiger partial charge in [-0.2, -0.15) is 0 Å². The Bertz CT molecular complexity index is 538. The minimum absolute atomic E-state index is 1.08. The first-order valence-corrected chi connectivity index (χ1v) is 6.68. The van der Waals surface area contributed by atoms with Crippen molar-refractivity contribution in [3.63, 3.8) is 0 Å². The number of allylic oxidation sites excluding steroid dienone is 1. The summed E-state index contributed by atoms with van der Waals surface area (Å²) in [4.78, 5) is 0. The lowest BCUT2D eigenvalue weighted by Gasteiger charge is -2.11. The summed E-state index contributed by atoms with van der Waals surface area (Å²) in [6, 6.07) is 10.9. The number of hydrogen-bond acceptors (Lipinski definition) is 0. The number of fused-ring (bicyclic) bond motifs is 1. The predicted molar refractivity (Wildman–Crippen MR) is 80.8 cm³/mol. The average Bonchev–Trinajstić information content (AvgIpc) is 2.30. The topological polar surface area (TPSA) is 0 Å². The lowest BCUT2D eigenvalue weighted by atomic mass is 9.97. The van der Waals surface area contributed by atoms with E-state index in [1.807, 2.05) is 0 Å². The van der Waals surface area contributed by atoms with Gasteiger partial charge in [0.2, 0.25) is 0 Å². The Morgan fingerprint density at radius 2 is 2.00 bits per heavy atom. The van der Waals surface area contributed by atoms with Crippen molar-refractivity contribution in [3.05, 3.63) is 51.1 Å². The molecule has 0 nitrogen and oxygen atoms in total. The number of aryl methyl sites for hydroxylation is 1. The van der Waals surface area contributed by atoms with Gasteiger partial charge in [0.1, 0.15) is 0 Å². The molecule has 0 aliphatic rings. The number of benzene rings is 2. The normalized spacial score (nSPS) is 11.4. The van der Waals surface area contributed by atoms with Crippen LogP contribution in [0.1, 0.15) is 25.0 Å². The van der Waals surface area contributed by atoms with Gasteiger partial charge in [0.15, 0.2) is 0 Å². The molecule has 16 heavy (non-hydrogen) atoms. The Balaban J connectivity index is 2.84. The molecule has 2 aromatic carbocycles. The zero-order valence-corrected chi connectivity index (χ0v) is 11.8. The number of hydrogen-bond donors (Lipinski definition) is 0. The maximum Gasteiger partial charge on any atom is 0.0211 e. The van der Waals surface area contributed by atoms with Crippen LogP contribution in [0.5, 0.6) is 0 Å². The van der Waals surface area contributed by atoms with Crippen LogP contribution in [-0.2, 0) is 6.42 Å². The molecule has 0 bridgehead atoms. The molecule has 2 rings (SSSR count). The Kier molecular flexibility index (Phi) is 3.64. The molecule has 0 radical (unpaired) electrons. The van der Waals surface area contributed by atoms with Gasteiger partial charge in [-0.3, -0.25) is 0 Å². The van der Waals surface area contributed by atoms with Crippen LogP contribution in [0.15, 0.2) is 36.4 Å². The van der Waals surface area contributed by atoms with E-state index in [2.05, 4.69) is 78.9 Å². The molecule has 0 saturated heterocycles. The van der Waals surface area contributed by atoms with Gasteiger partial charge in [0.25, 0.3) is 0 Å². The lowest BCUT2D eigenvalue weighted by molar-refractivity contribution is 1.15. The maximum absolute atomic E-state index is 2.43. The Morgan fingerprint density at radius 1 is 1.25 bits per heavy atom. The summed E-state index contributed by atoms with van der Waals surface area (Å²) in [5.74, 6) is 0. The second-order valence-electron chi connectivity index (χ2n) is 3.83. The van der Waals surface area contributed by atoms with E-state index < -0.39 is 0 Å². The largest absolute Gasteiger partial charge is 0.0870 e. The van der Waals surface area contributed by atoms with Crippen molar-refractivity contribution in [1.82, 2.24) is 0 Å². The van der Waals surface area contributed by atoms with Gasteiger partial charge in [-0.1, -0.05) is 43.3 Å². The maximum atomic E-state index is 2.43. The summed E-state index contributed by atoms with van der Waals surface area (Å²) in [6.07, 6.45) is 5.41. The number of rotatable bonds is 2. The van der Waals surface area contributed by atoms with Gasteiger partial charge in [-0.25, -0.2) is 0 Å². The van der Waals surface area contributed by atoms with E-state index in [9.17, 15) is 0 Å². The Morgan fingerprint density at radius 3 is 2.69 bits per heavy atom. The van der Waals surface area contributed by atoms with Crippen molar-refractivity contribution in [2.45, 2.75) is 20.3 Å². The summed E-state index contributed by atoms with van der Waals surface area (Å²) in [5.41, 5.74) is 2.84. The third-order valence-corrected chi connectivity index (χ3v) is 3.73. The first-order valence-electron chi connectivity index (χ1n) is 5.60. The molecule has 0 saturated carbocycles.